The van der Waals surface area contributed by atoms with Crippen molar-refractivity contribution in [3.63, 3.8) is 0 Å². The number of carboxylic acid groups (broad SMARTS) is 1. The number of hydrogen-bond acceptors (Lipinski definition) is 2. The molecule has 3 heteroatoms. The summed E-state index contributed by atoms with van der Waals surface area (Å²) in [5.74, 6) is -0.775. The molecular weight excluding hydrogens is 238 g/mol. The van der Waals surface area contributed by atoms with Crippen molar-refractivity contribution in [2.75, 3.05) is 0 Å². The van der Waals surface area contributed by atoms with Crippen LogP contribution in [0.25, 0.3) is 0 Å². The van der Waals surface area contributed by atoms with E-state index >= 15 is 0 Å². The molecule has 0 radical (unpaired) electrons. The van der Waals surface area contributed by atoms with Gasteiger partial charge in [0.2, 0.25) is 0 Å². The highest BCUT2D eigenvalue weighted by Gasteiger charge is 2.26. The fourth-order valence-electron chi connectivity index (χ4n) is 3.07. The molecule has 1 aliphatic carbocycles. The Hall–Kier alpha value is -1.35. The van der Waals surface area contributed by atoms with Crippen molar-refractivity contribution in [1.82, 2.24) is 5.32 Å². The van der Waals surface area contributed by atoms with Crippen LogP contribution in [-0.2, 0) is 4.79 Å². The minimum absolute atomic E-state index is 0.342. The quantitative estimate of drug-likeness (QED) is 0.873. The monoisotopic (exact) mass is 261 g/mol. The van der Waals surface area contributed by atoms with E-state index in [-0.39, 0.29) is 0 Å². The number of rotatable bonds is 4. The molecule has 1 fully saturated rings. The number of carbonyl (C=O) groups is 1. The predicted molar refractivity (Wildman–Crippen MR) is 76.3 cm³/mol. The summed E-state index contributed by atoms with van der Waals surface area (Å²) in [7, 11) is 0. The molecule has 0 saturated heterocycles. The van der Waals surface area contributed by atoms with Crippen LogP contribution in [0.15, 0.2) is 18.2 Å². The lowest BCUT2D eigenvalue weighted by Gasteiger charge is -2.28. The summed E-state index contributed by atoms with van der Waals surface area (Å²) in [6, 6.07) is 5.72. The molecule has 2 rings (SSSR count). The van der Waals surface area contributed by atoms with E-state index in [2.05, 4.69) is 5.32 Å². The third-order valence-corrected chi connectivity index (χ3v) is 4.09. The third kappa shape index (κ3) is 3.35. The normalized spacial score (nSPS) is 18.2. The van der Waals surface area contributed by atoms with E-state index in [1.165, 1.54) is 19.3 Å². The third-order valence-electron chi connectivity index (χ3n) is 4.09. The number of nitrogens with one attached hydrogen (secondary N) is 1. The van der Waals surface area contributed by atoms with Crippen LogP contribution >= 0.6 is 0 Å². The van der Waals surface area contributed by atoms with Gasteiger partial charge >= 0.3 is 5.97 Å². The summed E-state index contributed by atoms with van der Waals surface area (Å²) in [5.41, 5.74) is 3.03. The van der Waals surface area contributed by atoms with Crippen molar-refractivity contribution in [3.8, 4) is 0 Å². The second-order valence-electron chi connectivity index (χ2n) is 5.58. The SMILES string of the molecule is Cc1cccc(C)c1C(NC1CCCCC1)C(=O)O. The summed E-state index contributed by atoms with van der Waals surface area (Å²) in [6.07, 6.45) is 5.87. The van der Waals surface area contributed by atoms with Crippen LogP contribution in [0.2, 0.25) is 0 Å². The summed E-state index contributed by atoms with van der Waals surface area (Å²) < 4.78 is 0. The van der Waals surface area contributed by atoms with Gasteiger partial charge in [0.25, 0.3) is 0 Å². The van der Waals surface area contributed by atoms with Crippen LogP contribution in [0.3, 0.4) is 0 Å². The Balaban J connectivity index is 2.22. The lowest BCUT2D eigenvalue weighted by molar-refractivity contribution is -0.140. The maximum atomic E-state index is 11.6. The molecule has 3 nitrogen and oxygen atoms in total. The molecule has 1 aromatic rings. The van der Waals surface area contributed by atoms with Gasteiger partial charge in [-0.05, 0) is 43.4 Å². The van der Waals surface area contributed by atoms with Crippen molar-refractivity contribution >= 4 is 5.97 Å². The molecule has 19 heavy (non-hydrogen) atoms. The zero-order valence-corrected chi connectivity index (χ0v) is 11.8. The van der Waals surface area contributed by atoms with Gasteiger partial charge < -0.3 is 5.11 Å². The van der Waals surface area contributed by atoms with Gasteiger partial charge in [0, 0.05) is 6.04 Å². The van der Waals surface area contributed by atoms with Crippen molar-refractivity contribution in [1.29, 1.82) is 0 Å². The van der Waals surface area contributed by atoms with E-state index < -0.39 is 12.0 Å². The van der Waals surface area contributed by atoms with Gasteiger partial charge in [-0.2, -0.15) is 0 Å². The zero-order chi connectivity index (χ0) is 13.8. The lowest BCUT2D eigenvalue weighted by atomic mass is 9.91. The highest BCUT2D eigenvalue weighted by atomic mass is 16.4. The second kappa shape index (κ2) is 6.20. The Labute approximate surface area is 115 Å². The van der Waals surface area contributed by atoms with E-state index in [4.69, 9.17) is 0 Å². The Morgan fingerprint density at radius 2 is 1.79 bits per heavy atom. The van der Waals surface area contributed by atoms with Crippen LogP contribution in [0.5, 0.6) is 0 Å². The largest absolute Gasteiger partial charge is 0.480 e. The maximum Gasteiger partial charge on any atom is 0.325 e. The van der Waals surface area contributed by atoms with E-state index in [0.717, 1.165) is 29.5 Å². The molecule has 0 aromatic heterocycles. The van der Waals surface area contributed by atoms with Gasteiger partial charge in [-0.3, -0.25) is 10.1 Å². The Bertz CT molecular complexity index is 430. The number of carboxylic acids is 1. The number of benzene rings is 1. The molecule has 1 aliphatic rings. The van der Waals surface area contributed by atoms with Crippen molar-refractivity contribution in [3.05, 3.63) is 34.9 Å². The molecule has 1 saturated carbocycles. The molecule has 0 amide bonds. The first-order valence-electron chi connectivity index (χ1n) is 7.14. The highest BCUT2D eigenvalue weighted by Crippen LogP contribution is 2.26. The molecule has 2 N–H and O–H groups in total. The van der Waals surface area contributed by atoms with Gasteiger partial charge in [-0.15, -0.1) is 0 Å². The van der Waals surface area contributed by atoms with Gasteiger partial charge in [0.05, 0.1) is 0 Å². The standard InChI is InChI=1S/C16H23NO2/c1-11-7-6-8-12(2)14(11)15(16(18)19)17-13-9-4-3-5-10-13/h6-8,13,15,17H,3-5,9-10H2,1-2H3,(H,18,19). The summed E-state index contributed by atoms with van der Waals surface area (Å²) >= 11 is 0. The number of aryl methyl sites for hydroxylation is 2. The molecule has 0 bridgehead atoms. The Morgan fingerprint density at radius 3 is 2.32 bits per heavy atom. The average Bonchev–Trinajstić information content (AvgIpc) is 2.38. The first-order valence-corrected chi connectivity index (χ1v) is 7.14. The fourth-order valence-corrected chi connectivity index (χ4v) is 3.07. The molecule has 0 heterocycles. The van der Waals surface area contributed by atoms with Gasteiger partial charge in [0.15, 0.2) is 0 Å². The van der Waals surface area contributed by atoms with E-state index in [1.54, 1.807) is 0 Å². The Morgan fingerprint density at radius 1 is 1.21 bits per heavy atom. The fraction of sp³-hybridized carbons (Fsp3) is 0.562. The average molecular weight is 261 g/mol. The maximum absolute atomic E-state index is 11.6. The molecule has 1 atom stereocenters. The molecule has 1 aromatic carbocycles. The van der Waals surface area contributed by atoms with Crippen LogP contribution in [0.1, 0.15) is 54.8 Å². The molecule has 1 unspecified atom stereocenters. The lowest BCUT2D eigenvalue weighted by Crippen LogP contribution is -2.38. The van der Waals surface area contributed by atoms with E-state index in [9.17, 15) is 9.90 Å². The van der Waals surface area contributed by atoms with Gasteiger partial charge in [-0.1, -0.05) is 37.5 Å². The summed E-state index contributed by atoms with van der Waals surface area (Å²) in [5, 5.41) is 12.9. The van der Waals surface area contributed by atoms with Crippen LogP contribution in [0, 0.1) is 13.8 Å². The van der Waals surface area contributed by atoms with Gasteiger partial charge in [-0.25, -0.2) is 0 Å². The first kappa shape index (κ1) is 14.1. The van der Waals surface area contributed by atoms with Crippen LogP contribution in [0.4, 0.5) is 0 Å². The Kier molecular flexibility index (Phi) is 4.59. The van der Waals surface area contributed by atoms with Crippen molar-refractivity contribution in [2.24, 2.45) is 0 Å². The predicted octanol–water partition coefficient (Wildman–Crippen LogP) is 3.35. The summed E-state index contributed by atoms with van der Waals surface area (Å²) in [4.78, 5) is 11.6. The zero-order valence-electron chi connectivity index (χ0n) is 11.8. The molecular formula is C16H23NO2. The minimum atomic E-state index is -0.775. The van der Waals surface area contributed by atoms with E-state index in [1.807, 2.05) is 32.0 Å². The molecule has 0 spiro atoms. The topological polar surface area (TPSA) is 49.3 Å². The summed E-state index contributed by atoms with van der Waals surface area (Å²) in [6.45, 7) is 3.97. The minimum Gasteiger partial charge on any atom is -0.480 e. The first-order chi connectivity index (χ1) is 9.09. The van der Waals surface area contributed by atoms with E-state index in [0.29, 0.717) is 6.04 Å². The molecule has 0 aliphatic heterocycles. The van der Waals surface area contributed by atoms with Gasteiger partial charge in [0.1, 0.15) is 6.04 Å². The molecule has 104 valence electrons. The van der Waals surface area contributed by atoms with Crippen molar-refractivity contribution in [2.45, 2.75) is 58.0 Å². The highest BCUT2D eigenvalue weighted by molar-refractivity contribution is 5.76. The smallest absolute Gasteiger partial charge is 0.325 e. The van der Waals surface area contributed by atoms with Crippen LogP contribution < -0.4 is 5.32 Å². The van der Waals surface area contributed by atoms with Crippen LogP contribution in [-0.4, -0.2) is 17.1 Å². The number of aliphatic carboxylic acids is 1. The second-order valence-corrected chi connectivity index (χ2v) is 5.58. The number of hydrogen-bond donors (Lipinski definition) is 2. The van der Waals surface area contributed by atoms with Crippen molar-refractivity contribution < 1.29 is 9.90 Å².